The fourth-order valence-electron chi connectivity index (χ4n) is 9.14. The molecule has 4 heterocycles. The molecule has 9 atom stereocenters. The lowest BCUT2D eigenvalue weighted by Crippen LogP contribution is -2.48. The Bertz CT molecular complexity index is 2110. The molecule has 5 N–H and O–H groups in total. The molecule has 1 aliphatic carbocycles. The predicted molar refractivity (Wildman–Crippen MR) is 240 cm³/mol. The summed E-state index contributed by atoms with van der Waals surface area (Å²) in [6.07, 6.45) is 2.56. The maximum absolute atomic E-state index is 14.8. The second-order valence-corrected chi connectivity index (χ2v) is 18.3. The van der Waals surface area contributed by atoms with Gasteiger partial charge in [-0.25, -0.2) is 4.79 Å². The van der Waals surface area contributed by atoms with Crippen LogP contribution < -0.4 is 15.4 Å². The number of fused-ring (bicyclic) bond motifs is 14. The molecule has 1 saturated heterocycles. The lowest BCUT2D eigenvalue weighted by atomic mass is 9.78. The highest BCUT2D eigenvalue weighted by Crippen LogP contribution is 2.49. The van der Waals surface area contributed by atoms with Crippen LogP contribution >= 0.6 is 0 Å². The molecule has 5 aliphatic rings. The van der Waals surface area contributed by atoms with Crippen molar-refractivity contribution in [3.63, 3.8) is 0 Å². The van der Waals surface area contributed by atoms with Gasteiger partial charge in [-0.2, -0.15) is 0 Å². The minimum atomic E-state index is -2.10. The number of ether oxygens (including phenoxy) is 5. The molecule has 1 fully saturated rings. The lowest BCUT2D eigenvalue weighted by Gasteiger charge is -2.38. The van der Waals surface area contributed by atoms with Gasteiger partial charge in [-0.3, -0.25) is 24.1 Å². The van der Waals surface area contributed by atoms with E-state index in [9.17, 15) is 39.3 Å². The summed E-state index contributed by atoms with van der Waals surface area (Å²) >= 11 is 0. The van der Waals surface area contributed by atoms with Gasteiger partial charge in [-0.05, 0) is 47.6 Å². The summed E-state index contributed by atoms with van der Waals surface area (Å²) < 4.78 is 29.6. The summed E-state index contributed by atoms with van der Waals surface area (Å²) in [4.78, 5) is 74.9. The van der Waals surface area contributed by atoms with Crippen molar-refractivity contribution in [1.82, 2.24) is 20.4 Å². The minimum Gasteiger partial charge on any atom is -0.507 e. The Morgan fingerprint density at radius 1 is 0.938 bits per heavy atom. The van der Waals surface area contributed by atoms with Crippen LogP contribution in [-0.2, 0) is 23.7 Å². The number of aliphatic hydroxyl groups excluding tert-OH is 2. The normalized spacial score (nSPS) is 31.1. The number of nitrogens with one attached hydrogen (secondary N) is 2. The number of carbonyl (C=O) groups excluding carboxylic acids is 5. The molecule has 6 rings (SSSR count). The van der Waals surface area contributed by atoms with E-state index in [0.717, 1.165) is 0 Å². The number of phenolic OH excluding ortho intramolecular Hbond substituents is 1. The number of rotatable bonds is 8. The number of carbonyl (C=O) groups is 5. The zero-order chi connectivity index (χ0) is 48.2. The van der Waals surface area contributed by atoms with Crippen molar-refractivity contribution in [1.29, 1.82) is 0 Å². The van der Waals surface area contributed by atoms with Crippen molar-refractivity contribution in [3.05, 3.63) is 69.8 Å². The van der Waals surface area contributed by atoms with Crippen molar-refractivity contribution in [3.8, 4) is 11.5 Å². The van der Waals surface area contributed by atoms with E-state index < -0.39 is 94.5 Å². The number of allylic oxidation sites excluding steroid dienone is 4. The number of benzene rings is 1. The highest BCUT2D eigenvalue weighted by molar-refractivity contribution is 6.32. The van der Waals surface area contributed by atoms with Gasteiger partial charge in [0.1, 0.15) is 29.0 Å². The molecule has 2 amide bonds. The largest absolute Gasteiger partial charge is 0.507 e. The number of amides is 2. The molecule has 5 bridgehead atoms. The Balaban J connectivity index is 1.59. The van der Waals surface area contributed by atoms with Gasteiger partial charge >= 0.3 is 11.9 Å². The van der Waals surface area contributed by atoms with E-state index >= 15 is 0 Å². The summed E-state index contributed by atoms with van der Waals surface area (Å²) in [6, 6.07) is 0.483. The third-order valence-electron chi connectivity index (χ3n) is 13.2. The summed E-state index contributed by atoms with van der Waals surface area (Å²) in [7, 11) is 1.44. The highest BCUT2D eigenvalue weighted by Gasteiger charge is 2.53. The van der Waals surface area contributed by atoms with Crippen LogP contribution in [-0.4, -0.2) is 143 Å². The van der Waals surface area contributed by atoms with Gasteiger partial charge in [-0.15, -0.1) is 0 Å². The minimum absolute atomic E-state index is 0.00218. The van der Waals surface area contributed by atoms with E-state index in [4.69, 9.17) is 23.7 Å². The van der Waals surface area contributed by atoms with Crippen LogP contribution in [0.15, 0.2) is 47.5 Å². The van der Waals surface area contributed by atoms with Crippen molar-refractivity contribution in [2.75, 3.05) is 46.5 Å². The molecule has 1 aromatic carbocycles. The number of ketones is 3. The number of nitrogens with zero attached hydrogens (tertiary/aromatic N) is 2. The number of aromatic hydroxyl groups is 1. The average molecular weight is 909 g/mol. The van der Waals surface area contributed by atoms with Crippen LogP contribution in [0.25, 0.3) is 0 Å². The maximum atomic E-state index is 14.8. The molecule has 0 unspecified atom stereocenters. The number of Topliss-reactive ketones (excluding diaryl/α,β-unsaturated/α-hetero) is 3. The standard InChI is InChI=1S/C48H68N4O13/c1-24(2)52(25(3)4)18-17-49-47(60)64-43-28(7)32(61-12)16-21-63-48(11)45(58)35-33-34(40(55)31(10)44(35)65-48)41(56)36(37(42(33)57)51-19-22-62-23-20-51)50-46(59)27(6)15-13-14-26(5)38(53)29(8)39(54)30(43)9/h13-16,21,24-26,28-30,32,38-39,43,53-55H,17-20,22-23H2,1-12H3,(H,49,60)(H,50,59)/b14-13+,21-16+,27-15-/t26-,28+,29+,30+,32-,38-,39+,43+,48-/m0/s1. The smallest absolute Gasteiger partial charge is 0.407 e. The van der Waals surface area contributed by atoms with E-state index in [-0.39, 0.29) is 77.8 Å². The first-order valence-electron chi connectivity index (χ1n) is 22.5. The van der Waals surface area contributed by atoms with Gasteiger partial charge in [0.05, 0.1) is 54.5 Å². The molecule has 4 aliphatic heterocycles. The number of hydrogen-bond donors (Lipinski definition) is 5. The lowest BCUT2D eigenvalue weighted by molar-refractivity contribution is -0.116. The predicted octanol–water partition coefficient (Wildman–Crippen LogP) is 4.57. The molecule has 0 spiro atoms. The summed E-state index contributed by atoms with van der Waals surface area (Å²) in [5, 5.41) is 40.4. The topological polar surface area (TPSA) is 223 Å². The van der Waals surface area contributed by atoms with Crippen molar-refractivity contribution in [2.45, 2.75) is 118 Å². The molecule has 0 aromatic heterocycles. The maximum Gasteiger partial charge on any atom is 0.407 e. The van der Waals surface area contributed by atoms with Crippen LogP contribution in [0.3, 0.4) is 0 Å². The van der Waals surface area contributed by atoms with Gasteiger partial charge in [0, 0.05) is 87.1 Å². The number of aliphatic hydroxyl groups is 2. The molecule has 0 saturated carbocycles. The molecule has 358 valence electrons. The van der Waals surface area contributed by atoms with E-state index in [1.54, 1.807) is 44.7 Å². The Labute approximate surface area is 381 Å². The second kappa shape index (κ2) is 21.0. The molecule has 17 heteroatoms. The third kappa shape index (κ3) is 10.5. The van der Waals surface area contributed by atoms with Gasteiger partial charge in [-0.1, -0.05) is 45.9 Å². The summed E-state index contributed by atoms with van der Waals surface area (Å²) in [5.41, 5.74) is -1.50. The summed E-state index contributed by atoms with van der Waals surface area (Å²) in [6.45, 7) is 21.2. The SMILES string of the molecule is CO[C@H]1/C=C/O[C@@]2(C)Oc3c(C)c(O)c4c(c3C2=O)C(=O)C(N2CCOCC2)=C(NC(=O)/C(C)=C\C=C\[C@H](C)[C@H](O)[C@@H](C)[C@@H](O)[C@@H](C)[C@H](OC(=O)NCCN(C(C)C)C(C)C)[C@@H]1C)C4=O. The van der Waals surface area contributed by atoms with Crippen LogP contribution in [0.5, 0.6) is 11.5 Å². The monoisotopic (exact) mass is 908 g/mol. The van der Waals surface area contributed by atoms with Gasteiger partial charge in [0.25, 0.3) is 11.7 Å². The number of methoxy groups -OCH3 is 1. The first-order chi connectivity index (χ1) is 30.6. The molecule has 0 radical (unpaired) electrons. The van der Waals surface area contributed by atoms with Crippen LogP contribution in [0, 0.1) is 30.6 Å². The van der Waals surface area contributed by atoms with Gasteiger partial charge in [0.2, 0.25) is 11.6 Å². The molecule has 17 nitrogen and oxygen atoms in total. The Hall–Kier alpha value is -5.07. The van der Waals surface area contributed by atoms with Crippen LogP contribution in [0.4, 0.5) is 4.79 Å². The molecule has 65 heavy (non-hydrogen) atoms. The van der Waals surface area contributed by atoms with E-state index in [2.05, 4.69) is 43.2 Å². The second-order valence-electron chi connectivity index (χ2n) is 18.3. The van der Waals surface area contributed by atoms with Gasteiger partial charge < -0.3 is 54.5 Å². The Morgan fingerprint density at radius 2 is 1.58 bits per heavy atom. The quantitative estimate of drug-likeness (QED) is 0.241. The first-order valence-corrected chi connectivity index (χ1v) is 22.5. The number of phenols is 1. The fraction of sp³-hybridized carbons (Fsp3) is 0.604. The van der Waals surface area contributed by atoms with Crippen LogP contribution in [0.1, 0.15) is 106 Å². The first kappa shape index (κ1) is 50.9. The zero-order valence-corrected chi connectivity index (χ0v) is 39.7. The average Bonchev–Trinajstić information content (AvgIpc) is 3.53. The Kier molecular flexibility index (Phi) is 16.5. The zero-order valence-electron chi connectivity index (χ0n) is 39.7. The van der Waals surface area contributed by atoms with Crippen molar-refractivity contribution in [2.24, 2.45) is 23.7 Å². The number of alkyl carbamates (subject to hydrolysis) is 1. The van der Waals surface area contributed by atoms with E-state index in [1.807, 2.05) is 0 Å². The Morgan fingerprint density at radius 3 is 2.20 bits per heavy atom. The molecular weight excluding hydrogens is 841 g/mol. The molecular formula is C48H68N4O13. The van der Waals surface area contributed by atoms with Gasteiger partial charge in [0.15, 0.2) is 0 Å². The van der Waals surface area contributed by atoms with Crippen LogP contribution in [0.2, 0.25) is 0 Å². The molecule has 1 aromatic rings. The third-order valence-corrected chi connectivity index (χ3v) is 13.2. The van der Waals surface area contributed by atoms with E-state index in [1.165, 1.54) is 46.3 Å². The highest BCUT2D eigenvalue weighted by atomic mass is 16.7. The van der Waals surface area contributed by atoms with Crippen molar-refractivity contribution < 1.29 is 63.0 Å². The van der Waals surface area contributed by atoms with Crippen molar-refractivity contribution >= 4 is 29.4 Å². The number of morpholine rings is 1. The van der Waals surface area contributed by atoms with E-state index in [0.29, 0.717) is 13.1 Å². The summed E-state index contributed by atoms with van der Waals surface area (Å²) in [5.74, 6) is -8.75. The number of hydrogen-bond acceptors (Lipinski definition) is 15. The fourth-order valence-corrected chi connectivity index (χ4v) is 9.14.